The first kappa shape index (κ1) is 12.7. The minimum atomic E-state index is 0.854. The fraction of sp³-hybridized carbons (Fsp3) is 1.00. The third kappa shape index (κ3) is 3.38. The minimum absolute atomic E-state index is 0.854. The maximum Gasteiger partial charge on any atom is 0.0196 e. The quantitative estimate of drug-likeness (QED) is 0.814. The molecule has 2 heterocycles. The molecule has 2 saturated heterocycles. The van der Waals surface area contributed by atoms with Crippen LogP contribution >= 0.6 is 11.8 Å². The van der Waals surface area contributed by atoms with Gasteiger partial charge in [0.05, 0.1) is 0 Å². The molecule has 0 spiro atoms. The number of nitrogens with one attached hydrogen (secondary N) is 1. The largest absolute Gasteiger partial charge is 0.316 e. The van der Waals surface area contributed by atoms with E-state index in [9.17, 15) is 0 Å². The van der Waals surface area contributed by atoms with Gasteiger partial charge in [0.1, 0.15) is 0 Å². The lowest BCUT2D eigenvalue weighted by molar-refractivity contribution is 0.170. The van der Waals surface area contributed by atoms with E-state index in [4.69, 9.17) is 0 Å². The molecule has 2 nitrogen and oxygen atoms in total. The van der Waals surface area contributed by atoms with Crippen LogP contribution in [0.25, 0.3) is 0 Å². The van der Waals surface area contributed by atoms with Crippen molar-refractivity contribution in [2.24, 2.45) is 5.92 Å². The van der Waals surface area contributed by atoms with E-state index in [-0.39, 0.29) is 0 Å². The van der Waals surface area contributed by atoms with Crippen LogP contribution in [0.2, 0.25) is 0 Å². The molecular formula is C13H26N2S. The summed E-state index contributed by atoms with van der Waals surface area (Å²) >= 11 is 2.15. The van der Waals surface area contributed by atoms with Gasteiger partial charge in [-0.05, 0) is 44.8 Å². The highest BCUT2D eigenvalue weighted by Crippen LogP contribution is 2.30. The Bertz CT molecular complexity index is 204. The van der Waals surface area contributed by atoms with Crippen molar-refractivity contribution in [2.45, 2.75) is 44.4 Å². The van der Waals surface area contributed by atoms with Gasteiger partial charge in [0.25, 0.3) is 0 Å². The van der Waals surface area contributed by atoms with E-state index in [2.05, 4.69) is 35.8 Å². The van der Waals surface area contributed by atoms with Crippen LogP contribution in [0.3, 0.4) is 0 Å². The van der Waals surface area contributed by atoms with Gasteiger partial charge in [-0.3, -0.25) is 4.90 Å². The Balaban J connectivity index is 1.80. The molecule has 0 amide bonds. The van der Waals surface area contributed by atoms with E-state index in [0.29, 0.717) is 0 Å². The third-order valence-electron chi connectivity index (χ3n) is 3.99. The molecule has 3 unspecified atom stereocenters. The molecule has 2 fully saturated rings. The van der Waals surface area contributed by atoms with E-state index in [1.54, 1.807) is 0 Å². The number of hydrogen-bond donors (Lipinski definition) is 1. The summed E-state index contributed by atoms with van der Waals surface area (Å²) in [6.07, 6.45) is 4.20. The van der Waals surface area contributed by atoms with Crippen LogP contribution in [0.15, 0.2) is 0 Å². The van der Waals surface area contributed by atoms with Crippen molar-refractivity contribution in [3.63, 3.8) is 0 Å². The fourth-order valence-corrected chi connectivity index (χ4v) is 4.25. The molecule has 2 aliphatic rings. The summed E-state index contributed by atoms with van der Waals surface area (Å²) in [5.41, 5.74) is 0. The Labute approximate surface area is 105 Å². The Hall–Kier alpha value is 0.270. The van der Waals surface area contributed by atoms with Crippen molar-refractivity contribution in [3.8, 4) is 0 Å². The number of piperidine rings is 1. The summed E-state index contributed by atoms with van der Waals surface area (Å²) in [5, 5.41) is 4.41. The van der Waals surface area contributed by atoms with Gasteiger partial charge in [0.15, 0.2) is 0 Å². The second-order valence-electron chi connectivity index (χ2n) is 5.33. The van der Waals surface area contributed by atoms with Gasteiger partial charge in [-0.1, -0.05) is 13.8 Å². The molecule has 2 rings (SSSR count). The maximum absolute atomic E-state index is 3.53. The Kier molecular flexibility index (Phi) is 4.98. The topological polar surface area (TPSA) is 15.3 Å². The lowest BCUT2D eigenvalue weighted by Gasteiger charge is -2.33. The maximum atomic E-state index is 3.53. The highest BCUT2D eigenvalue weighted by molar-refractivity contribution is 8.00. The molecule has 0 aliphatic carbocycles. The number of hydrogen-bond acceptors (Lipinski definition) is 3. The first-order valence-corrected chi connectivity index (χ1v) is 7.90. The molecule has 16 heavy (non-hydrogen) atoms. The first-order chi connectivity index (χ1) is 7.79. The van der Waals surface area contributed by atoms with Crippen LogP contribution in [-0.2, 0) is 0 Å². The van der Waals surface area contributed by atoms with Crippen LogP contribution in [-0.4, -0.2) is 48.1 Å². The third-order valence-corrected chi connectivity index (χ3v) is 5.33. The summed E-state index contributed by atoms with van der Waals surface area (Å²) in [7, 11) is 0. The molecule has 0 aromatic heterocycles. The Morgan fingerprint density at radius 1 is 1.44 bits per heavy atom. The normalized spacial score (nSPS) is 35.8. The monoisotopic (exact) mass is 242 g/mol. The molecule has 94 valence electrons. The summed E-state index contributed by atoms with van der Waals surface area (Å²) in [5.74, 6) is 2.25. The van der Waals surface area contributed by atoms with Crippen molar-refractivity contribution in [3.05, 3.63) is 0 Å². The predicted molar refractivity (Wildman–Crippen MR) is 73.2 cm³/mol. The molecule has 0 radical (unpaired) electrons. The fourth-order valence-electron chi connectivity index (χ4n) is 3.00. The van der Waals surface area contributed by atoms with Crippen molar-refractivity contribution in [1.82, 2.24) is 10.2 Å². The van der Waals surface area contributed by atoms with E-state index in [0.717, 1.165) is 17.2 Å². The van der Waals surface area contributed by atoms with Crippen molar-refractivity contribution >= 4 is 11.8 Å². The van der Waals surface area contributed by atoms with Crippen LogP contribution < -0.4 is 5.32 Å². The molecule has 2 aliphatic heterocycles. The standard InChI is InChI=1S/C13H26N2S/c1-3-15(13-7-11(2)16-10-13)9-12-5-4-6-14-8-12/h11-14H,3-10H2,1-2H3. The SMILES string of the molecule is CCN(CC1CCCNC1)C1CSC(C)C1. The number of rotatable bonds is 4. The van der Waals surface area contributed by atoms with Gasteiger partial charge in [0.2, 0.25) is 0 Å². The summed E-state index contributed by atoms with van der Waals surface area (Å²) < 4.78 is 0. The average Bonchev–Trinajstić information content (AvgIpc) is 2.74. The second-order valence-corrected chi connectivity index (χ2v) is 6.80. The van der Waals surface area contributed by atoms with Crippen molar-refractivity contribution in [1.29, 1.82) is 0 Å². The smallest absolute Gasteiger partial charge is 0.0196 e. The number of thioether (sulfide) groups is 1. The molecule has 1 N–H and O–H groups in total. The van der Waals surface area contributed by atoms with Gasteiger partial charge < -0.3 is 5.32 Å². The van der Waals surface area contributed by atoms with Crippen molar-refractivity contribution < 1.29 is 0 Å². The minimum Gasteiger partial charge on any atom is -0.316 e. The predicted octanol–water partition coefficient (Wildman–Crippen LogP) is 2.20. The average molecular weight is 242 g/mol. The zero-order chi connectivity index (χ0) is 11.4. The van der Waals surface area contributed by atoms with E-state index in [1.165, 1.54) is 51.2 Å². The zero-order valence-electron chi connectivity index (χ0n) is 10.7. The zero-order valence-corrected chi connectivity index (χ0v) is 11.6. The lowest BCUT2D eigenvalue weighted by atomic mass is 9.98. The first-order valence-electron chi connectivity index (χ1n) is 6.86. The molecule has 3 atom stereocenters. The Morgan fingerprint density at radius 2 is 2.31 bits per heavy atom. The van der Waals surface area contributed by atoms with Crippen LogP contribution in [0.5, 0.6) is 0 Å². The summed E-state index contributed by atoms with van der Waals surface area (Å²) in [6.45, 7) is 9.73. The van der Waals surface area contributed by atoms with Crippen molar-refractivity contribution in [2.75, 3.05) is 31.9 Å². The van der Waals surface area contributed by atoms with E-state index in [1.807, 2.05) is 0 Å². The summed E-state index contributed by atoms with van der Waals surface area (Å²) in [4.78, 5) is 2.73. The number of nitrogens with zero attached hydrogens (tertiary/aromatic N) is 1. The van der Waals surface area contributed by atoms with Crippen LogP contribution in [0.4, 0.5) is 0 Å². The van der Waals surface area contributed by atoms with Crippen LogP contribution in [0, 0.1) is 5.92 Å². The molecule has 3 heteroatoms. The molecule has 0 aromatic rings. The molecule has 0 aromatic carbocycles. The van der Waals surface area contributed by atoms with E-state index < -0.39 is 0 Å². The van der Waals surface area contributed by atoms with Gasteiger partial charge in [0, 0.05) is 23.6 Å². The molecule has 0 bridgehead atoms. The van der Waals surface area contributed by atoms with Gasteiger partial charge in [-0.25, -0.2) is 0 Å². The molecule has 0 saturated carbocycles. The summed E-state index contributed by atoms with van der Waals surface area (Å²) in [6, 6.07) is 0.854. The highest BCUT2D eigenvalue weighted by atomic mass is 32.2. The molecular weight excluding hydrogens is 216 g/mol. The van der Waals surface area contributed by atoms with Gasteiger partial charge in [-0.2, -0.15) is 11.8 Å². The van der Waals surface area contributed by atoms with Gasteiger partial charge >= 0.3 is 0 Å². The lowest BCUT2D eigenvalue weighted by Crippen LogP contribution is -2.43. The van der Waals surface area contributed by atoms with E-state index >= 15 is 0 Å². The van der Waals surface area contributed by atoms with Gasteiger partial charge in [-0.15, -0.1) is 0 Å². The van der Waals surface area contributed by atoms with Crippen LogP contribution in [0.1, 0.15) is 33.1 Å². The Morgan fingerprint density at radius 3 is 2.88 bits per heavy atom. The second kappa shape index (κ2) is 6.27. The highest BCUT2D eigenvalue weighted by Gasteiger charge is 2.28.